The molecule has 9 heteroatoms. The molecule has 0 atom stereocenters. The van der Waals surface area contributed by atoms with E-state index < -0.39 is 27.7 Å². The van der Waals surface area contributed by atoms with E-state index in [0.717, 1.165) is 11.6 Å². The third kappa shape index (κ3) is 5.56. The number of primary amides is 1. The number of amides is 2. The topological polar surface area (TPSA) is 110 Å². The number of hydrogen-bond acceptors (Lipinski definition) is 4. The minimum atomic E-state index is -3.60. The van der Waals surface area contributed by atoms with Crippen LogP contribution in [0.15, 0.2) is 47.9 Å². The maximum absolute atomic E-state index is 14.0. The lowest BCUT2D eigenvalue weighted by molar-refractivity contribution is -0.120. The maximum Gasteiger partial charge on any atom is 0.248 e. The van der Waals surface area contributed by atoms with Crippen molar-refractivity contribution in [3.63, 3.8) is 0 Å². The van der Waals surface area contributed by atoms with Gasteiger partial charge in [0.05, 0.1) is 0 Å². The molecule has 3 N–H and O–H groups in total. The maximum atomic E-state index is 14.0. The highest BCUT2D eigenvalue weighted by molar-refractivity contribution is 7.92. The summed E-state index contributed by atoms with van der Waals surface area (Å²) in [5.74, 6) is -2.21. The fourth-order valence-electron chi connectivity index (χ4n) is 3.37. The molecule has 0 radical (unpaired) electrons. The predicted octanol–water partition coefficient (Wildman–Crippen LogP) is 2.88. The molecule has 1 saturated heterocycles. The van der Waals surface area contributed by atoms with Gasteiger partial charge in [-0.2, -0.15) is 4.31 Å². The van der Waals surface area contributed by atoms with Gasteiger partial charge in [0.1, 0.15) is 5.82 Å². The summed E-state index contributed by atoms with van der Waals surface area (Å²) in [5.41, 5.74) is 6.33. The third-order valence-electron chi connectivity index (χ3n) is 5.30. The van der Waals surface area contributed by atoms with Gasteiger partial charge < -0.3 is 11.1 Å². The Morgan fingerprint density at radius 3 is 2.42 bits per heavy atom. The van der Waals surface area contributed by atoms with Gasteiger partial charge in [-0.1, -0.05) is 30.3 Å². The van der Waals surface area contributed by atoms with Gasteiger partial charge >= 0.3 is 0 Å². The number of carbonyl (C=O) groups excluding carboxylic acids is 2. The first-order chi connectivity index (χ1) is 14.7. The number of hydrogen-bond donors (Lipinski definition) is 2. The minimum absolute atomic E-state index is 0.0375. The van der Waals surface area contributed by atoms with Crippen LogP contribution in [0, 0.1) is 18.7 Å². The monoisotopic (exact) mass is 445 g/mol. The molecule has 31 heavy (non-hydrogen) atoms. The van der Waals surface area contributed by atoms with E-state index in [2.05, 4.69) is 5.32 Å². The Balaban J connectivity index is 1.62. The minimum Gasteiger partial charge on any atom is -0.366 e. The third-order valence-corrected chi connectivity index (χ3v) is 6.87. The van der Waals surface area contributed by atoms with Crippen molar-refractivity contribution in [3.8, 4) is 0 Å². The molecule has 164 valence electrons. The van der Waals surface area contributed by atoms with Gasteiger partial charge in [-0.15, -0.1) is 0 Å². The summed E-state index contributed by atoms with van der Waals surface area (Å²) >= 11 is 0. The summed E-state index contributed by atoms with van der Waals surface area (Å²) < 4.78 is 40.5. The molecule has 0 aliphatic carbocycles. The number of anilines is 1. The molecule has 0 aromatic heterocycles. The highest BCUT2D eigenvalue weighted by Crippen LogP contribution is 2.25. The Morgan fingerprint density at radius 2 is 1.81 bits per heavy atom. The van der Waals surface area contributed by atoms with Crippen LogP contribution in [0.1, 0.15) is 34.3 Å². The number of benzene rings is 2. The largest absolute Gasteiger partial charge is 0.366 e. The van der Waals surface area contributed by atoms with E-state index >= 15 is 0 Å². The lowest BCUT2D eigenvalue weighted by Crippen LogP contribution is -2.40. The quantitative estimate of drug-likeness (QED) is 0.712. The van der Waals surface area contributed by atoms with Crippen LogP contribution in [-0.2, 0) is 14.8 Å². The van der Waals surface area contributed by atoms with Gasteiger partial charge in [-0.05, 0) is 43.5 Å². The Hall–Kier alpha value is -3.04. The molecule has 0 saturated carbocycles. The summed E-state index contributed by atoms with van der Waals surface area (Å²) in [6.45, 7) is 1.90. The van der Waals surface area contributed by atoms with E-state index in [-0.39, 0.29) is 35.8 Å². The standard InChI is InChI=1S/C22H24FN3O4S/c1-15-19(23)13-18(21(24)27)14-20(15)25-22(28)17-7-10-26(11-8-17)31(29,30)12-9-16-5-3-2-4-6-16/h2-6,9,12-14,17H,7-8,10-11H2,1H3,(H2,24,27)(H,25,28)/b12-9+. The summed E-state index contributed by atoms with van der Waals surface area (Å²) in [5, 5.41) is 3.82. The molecule has 0 bridgehead atoms. The van der Waals surface area contributed by atoms with Gasteiger partial charge in [-0.3, -0.25) is 9.59 Å². The Kier molecular flexibility index (Phi) is 6.87. The molecule has 1 aliphatic heterocycles. The molecule has 0 spiro atoms. The van der Waals surface area contributed by atoms with Crippen LogP contribution in [0.25, 0.3) is 6.08 Å². The van der Waals surface area contributed by atoms with Gasteiger partial charge in [0.25, 0.3) is 0 Å². The molecule has 1 aliphatic rings. The zero-order valence-corrected chi connectivity index (χ0v) is 17.9. The number of nitrogens with two attached hydrogens (primary N) is 1. The van der Waals surface area contributed by atoms with E-state index in [4.69, 9.17) is 5.73 Å². The first kappa shape index (κ1) is 22.6. The van der Waals surface area contributed by atoms with E-state index in [1.807, 2.05) is 18.2 Å². The highest BCUT2D eigenvalue weighted by atomic mass is 32.2. The molecule has 2 amide bonds. The Bertz CT molecular complexity index is 1110. The van der Waals surface area contributed by atoms with Crippen molar-refractivity contribution in [3.05, 3.63) is 70.4 Å². The first-order valence-corrected chi connectivity index (χ1v) is 11.3. The van der Waals surface area contributed by atoms with Crippen LogP contribution < -0.4 is 11.1 Å². The number of nitrogens with one attached hydrogen (secondary N) is 1. The molecule has 2 aromatic carbocycles. The average molecular weight is 446 g/mol. The fourth-order valence-corrected chi connectivity index (χ4v) is 4.59. The van der Waals surface area contributed by atoms with Crippen LogP contribution in [0.3, 0.4) is 0 Å². The molecular formula is C22H24FN3O4S. The first-order valence-electron chi connectivity index (χ1n) is 9.81. The van der Waals surface area contributed by atoms with Crippen molar-refractivity contribution < 1.29 is 22.4 Å². The molecule has 0 unspecified atom stereocenters. The number of sulfonamides is 1. The normalized spacial score (nSPS) is 15.8. The smallest absolute Gasteiger partial charge is 0.248 e. The zero-order valence-electron chi connectivity index (χ0n) is 17.0. The average Bonchev–Trinajstić information content (AvgIpc) is 2.76. The number of nitrogens with zero attached hydrogens (tertiary/aromatic N) is 1. The molecule has 1 heterocycles. The lowest BCUT2D eigenvalue weighted by atomic mass is 9.97. The number of halogens is 1. The van der Waals surface area contributed by atoms with Crippen LogP contribution >= 0.6 is 0 Å². The van der Waals surface area contributed by atoms with Crippen molar-refractivity contribution in [2.45, 2.75) is 19.8 Å². The Morgan fingerprint density at radius 1 is 1.16 bits per heavy atom. The summed E-state index contributed by atoms with van der Waals surface area (Å²) in [6, 6.07) is 11.5. The number of carbonyl (C=O) groups is 2. The second-order valence-corrected chi connectivity index (χ2v) is 9.23. The van der Waals surface area contributed by atoms with Crippen molar-refractivity contribution in [2.75, 3.05) is 18.4 Å². The highest BCUT2D eigenvalue weighted by Gasteiger charge is 2.30. The second-order valence-electron chi connectivity index (χ2n) is 7.42. The van der Waals surface area contributed by atoms with Crippen LogP contribution in [0.2, 0.25) is 0 Å². The van der Waals surface area contributed by atoms with Gasteiger partial charge in [0.2, 0.25) is 21.8 Å². The summed E-state index contributed by atoms with van der Waals surface area (Å²) in [4.78, 5) is 24.0. The molecule has 3 rings (SSSR count). The van der Waals surface area contributed by atoms with Gasteiger partial charge in [0, 0.05) is 41.2 Å². The van der Waals surface area contributed by atoms with Crippen LogP contribution in [0.5, 0.6) is 0 Å². The van der Waals surface area contributed by atoms with Crippen LogP contribution in [0.4, 0.5) is 10.1 Å². The van der Waals surface area contributed by atoms with Gasteiger partial charge in [0.15, 0.2) is 0 Å². The number of piperidine rings is 1. The molecule has 2 aromatic rings. The number of rotatable bonds is 6. The fraction of sp³-hybridized carbons (Fsp3) is 0.273. The van der Waals surface area contributed by atoms with E-state index in [9.17, 15) is 22.4 Å². The molecular weight excluding hydrogens is 421 g/mol. The van der Waals surface area contributed by atoms with E-state index in [1.54, 1.807) is 12.1 Å². The molecule has 7 nitrogen and oxygen atoms in total. The van der Waals surface area contributed by atoms with Crippen molar-refractivity contribution in [2.24, 2.45) is 11.7 Å². The van der Waals surface area contributed by atoms with E-state index in [0.29, 0.717) is 12.8 Å². The van der Waals surface area contributed by atoms with Crippen molar-refractivity contribution >= 4 is 33.6 Å². The van der Waals surface area contributed by atoms with Gasteiger partial charge in [-0.25, -0.2) is 12.8 Å². The van der Waals surface area contributed by atoms with E-state index in [1.165, 1.54) is 28.8 Å². The van der Waals surface area contributed by atoms with Crippen molar-refractivity contribution in [1.82, 2.24) is 4.31 Å². The predicted molar refractivity (Wildman–Crippen MR) is 117 cm³/mol. The second kappa shape index (κ2) is 9.40. The zero-order chi connectivity index (χ0) is 22.6. The summed E-state index contributed by atoms with van der Waals surface area (Å²) in [7, 11) is -3.60. The summed E-state index contributed by atoms with van der Waals surface area (Å²) in [6.07, 6.45) is 2.21. The molecule has 1 fully saturated rings. The SMILES string of the molecule is Cc1c(F)cc(C(N)=O)cc1NC(=O)C1CCN(S(=O)(=O)/C=C/c2ccccc2)CC1. The Labute approximate surface area is 180 Å². The lowest BCUT2D eigenvalue weighted by Gasteiger charge is -2.29. The van der Waals surface area contributed by atoms with Crippen molar-refractivity contribution in [1.29, 1.82) is 0 Å². The van der Waals surface area contributed by atoms with Crippen LogP contribution in [-0.4, -0.2) is 37.6 Å².